The lowest BCUT2D eigenvalue weighted by molar-refractivity contribution is -0.137. The van der Waals surface area contributed by atoms with Gasteiger partial charge in [0.25, 0.3) is 0 Å². The number of benzene rings is 1. The number of carbonyl (C=O) groups is 2. The van der Waals surface area contributed by atoms with Gasteiger partial charge in [0, 0.05) is 19.4 Å². The second-order valence-electron chi connectivity index (χ2n) is 4.89. The van der Waals surface area contributed by atoms with E-state index in [-0.39, 0.29) is 12.3 Å². The molecule has 1 aromatic carbocycles. The average molecular weight is 277 g/mol. The van der Waals surface area contributed by atoms with Crippen LogP contribution in [0.4, 0.5) is 0 Å². The van der Waals surface area contributed by atoms with Crippen LogP contribution in [0.2, 0.25) is 0 Å². The fourth-order valence-corrected chi connectivity index (χ4v) is 1.99. The summed E-state index contributed by atoms with van der Waals surface area (Å²) in [7, 11) is 0. The van der Waals surface area contributed by atoms with Gasteiger partial charge in [-0.15, -0.1) is 0 Å². The maximum atomic E-state index is 11.6. The Kier molecular flexibility index (Phi) is 8.11. The van der Waals surface area contributed by atoms with Crippen LogP contribution in [-0.4, -0.2) is 23.5 Å². The van der Waals surface area contributed by atoms with Gasteiger partial charge >= 0.3 is 5.97 Å². The Morgan fingerprint density at radius 3 is 2.40 bits per heavy atom. The normalized spacial score (nSPS) is 10.2. The van der Waals surface area contributed by atoms with Crippen molar-refractivity contribution < 1.29 is 14.7 Å². The lowest BCUT2D eigenvalue weighted by Gasteiger charge is -2.05. The average Bonchev–Trinajstić information content (AvgIpc) is 2.43. The summed E-state index contributed by atoms with van der Waals surface area (Å²) < 4.78 is 0. The second-order valence-corrected chi connectivity index (χ2v) is 4.89. The Balaban J connectivity index is 1.97. The maximum absolute atomic E-state index is 11.6. The van der Waals surface area contributed by atoms with Gasteiger partial charge in [0.1, 0.15) is 0 Å². The van der Waals surface area contributed by atoms with E-state index in [0.717, 1.165) is 25.7 Å². The fraction of sp³-hybridized carbons (Fsp3) is 0.500. The Labute approximate surface area is 120 Å². The molecule has 4 heteroatoms. The van der Waals surface area contributed by atoms with Gasteiger partial charge in [0.05, 0.1) is 0 Å². The highest BCUT2D eigenvalue weighted by atomic mass is 16.4. The van der Waals surface area contributed by atoms with Crippen LogP contribution in [0, 0.1) is 0 Å². The van der Waals surface area contributed by atoms with E-state index >= 15 is 0 Å². The molecule has 20 heavy (non-hydrogen) atoms. The number of aliphatic carboxylic acids is 1. The highest BCUT2D eigenvalue weighted by Gasteiger charge is 2.01. The molecule has 0 saturated carbocycles. The Hall–Kier alpha value is -1.84. The van der Waals surface area contributed by atoms with Crippen molar-refractivity contribution in [2.75, 3.05) is 6.54 Å². The first-order chi connectivity index (χ1) is 9.68. The van der Waals surface area contributed by atoms with Crippen molar-refractivity contribution in [2.24, 2.45) is 0 Å². The molecule has 0 aromatic heterocycles. The zero-order chi connectivity index (χ0) is 14.6. The van der Waals surface area contributed by atoms with Crippen LogP contribution < -0.4 is 5.32 Å². The summed E-state index contributed by atoms with van der Waals surface area (Å²) in [6, 6.07) is 10.1. The number of rotatable bonds is 10. The second kappa shape index (κ2) is 10.0. The Morgan fingerprint density at radius 1 is 0.950 bits per heavy atom. The van der Waals surface area contributed by atoms with Gasteiger partial charge in [-0.05, 0) is 31.2 Å². The highest BCUT2D eigenvalue weighted by molar-refractivity contribution is 5.75. The molecule has 0 heterocycles. The number of unbranched alkanes of at least 4 members (excludes halogenated alkanes) is 2. The van der Waals surface area contributed by atoms with Crippen LogP contribution in [0.25, 0.3) is 0 Å². The molecule has 110 valence electrons. The molecule has 1 amide bonds. The van der Waals surface area contributed by atoms with E-state index in [0.29, 0.717) is 19.4 Å². The summed E-state index contributed by atoms with van der Waals surface area (Å²) in [6.45, 7) is 0.643. The number of aryl methyl sites for hydroxylation is 1. The molecule has 0 fully saturated rings. The summed E-state index contributed by atoms with van der Waals surface area (Å²) in [5, 5.41) is 11.4. The summed E-state index contributed by atoms with van der Waals surface area (Å²) in [6.07, 6.45) is 4.91. The van der Waals surface area contributed by atoms with E-state index in [1.54, 1.807) is 0 Å². The number of hydrogen-bond donors (Lipinski definition) is 2. The molecule has 0 radical (unpaired) electrons. The Bertz CT molecular complexity index is 403. The number of carbonyl (C=O) groups excluding carboxylic acids is 1. The first kappa shape index (κ1) is 16.2. The van der Waals surface area contributed by atoms with Crippen molar-refractivity contribution in [3.8, 4) is 0 Å². The van der Waals surface area contributed by atoms with Crippen molar-refractivity contribution in [3.05, 3.63) is 35.9 Å². The molecule has 0 unspecified atom stereocenters. The first-order valence-corrected chi connectivity index (χ1v) is 7.21. The van der Waals surface area contributed by atoms with Gasteiger partial charge in [-0.2, -0.15) is 0 Å². The van der Waals surface area contributed by atoms with Crippen molar-refractivity contribution in [1.29, 1.82) is 0 Å². The van der Waals surface area contributed by atoms with Crippen LogP contribution >= 0.6 is 0 Å². The third kappa shape index (κ3) is 8.29. The van der Waals surface area contributed by atoms with Crippen molar-refractivity contribution >= 4 is 11.9 Å². The van der Waals surface area contributed by atoms with Crippen molar-refractivity contribution in [1.82, 2.24) is 5.32 Å². The summed E-state index contributed by atoms with van der Waals surface area (Å²) >= 11 is 0. The smallest absolute Gasteiger partial charge is 0.303 e. The molecule has 0 aliphatic rings. The molecule has 0 bridgehead atoms. The molecule has 0 spiro atoms. The maximum Gasteiger partial charge on any atom is 0.303 e. The molecular weight excluding hydrogens is 254 g/mol. The lowest BCUT2D eigenvalue weighted by Crippen LogP contribution is -2.24. The topological polar surface area (TPSA) is 66.4 Å². The quantitative estimate of drug-likeness (QED) is 0.646. The molecule has 1 aromatic rings. The first-order valence-electron chi connectivity index (χ1n) is 7.21. The fourth-order valence-electron chi connectivity index (χ4n) is 1.99. The number of carboxylic acids is 1. The Morgan fingerprint density at radius 2 is 1.70 bits per heavy atom. The van der Waals surface area contributed by atoms with Gasteiger partial charge in [-0.3, -0.25) is 9.59 Å². The summed E-state index contributed by atoms with van der Waals surface area (Å²) in [5.74, 6) is -0.672. The van der Waals surface area contributed by atoms with E-state index < -0.39 is 5.97 Å². The molecule has 4 nitrogen and oxygen atoms in total. The van der Waals surface area contributed by atoms with Gasteiger partial charge in [-0.25, -0.2) is 0 Å². The van der Waals surface area contributed by atoms with E-state index in [4.69, 9.17) is 5.11 Å². The molecule has 0 aliphatic carbocycles. The third-order valence-electron chi connectivity index (χ3n) is 3.10. The third-order valence-corrected chi connectivity index (χ3v) is 3.10. The molecule has 0 aliphatic heterocycles. The van der Waals surface area contributed by atoms with E-state index in [2.05, 4.69) is 17.4 Å². The molecular formula is C16H23NO3. The van der Waals surface area contributed by atoms with Crippen LogP contribution in [0.1, 0.15) is 44.1 Å². The van der Waals surface area contributed by atoms with Crippen LogP contribution in [-0.2, 0) is 16.0 Å². The minimum absolute atomic E-state index is 0.0826. The predicted molar refractivity (Wildman–Crippen MR) is 78.5 cm³/mol. The largest absolute Gasteiger partial charge is 0.481 e. The summed E-state index contributed by atoms with van der Waals surface area (Å²) in [5.41, 5.74) is 1.26. The number of hydrogen-bond acceptors (Lipinski definition) is 2. The SMILES string of the molecule is O=C(O)CCCCCNC(=O)CCCc1ccccc1. The minimum atomic E-state index is -0.755. The number of nitrogens with one attached hydrogen (secondary N) is 1. The van der Waals surface area contributed by atoms with Crippen molar-refractivity contribution in [3.63, 3.8) is 0 Å². The van der Waals surface area contributed by atoms with Gasteiger partial charge in [0.15, 0.2) is 0 Å². The zero-order valence-electron chi connectivity index (χ0n) is 11.8. The van der Waals surface area contributed by atoms with Gasteiger partial charge in [-0.1, -0.05) is 36.8 Å². The standard InChI is InChI=1S/C16H23NO3/c18-15(17-13-6-2-5-12-16(19)20)11-7-10-14-8-3-1-4-9-14/h1,3-4,8-9H,2,5-7,10-13H2,(H,17,18)(H,19,20). The molecule has 1 rings (SSSR count). The minimum Gasteiger partial charge on any atom is -0.481 e. The van der Waals surface area contributed by atoms with Gasteiger partial charge in [0.2, 0.25) is 5.91 Å². The van der Waals surface area contributed by atoms with Crippen LogP contribution in [0.15, 0.2) is 30.3 Å². The van der Waals surface area contributed by atoms with E-state index in [1.165, 1.54) is 5.56 Å². The predicted octanol–water partition coefficient (Wildman–Crippen LogP) is 2.77. The van der Waals surface area contributed by atoms with Crippen LogP contribution in [0.3, 0.4) is 0 Å². The monoisotopic (exact) mass is 277 g/mol. The number of amides is 1. The van der Waals surface area contributed by atoms with Gasteiger partial charge < -0.3 is 10.4 Å². The molecule has 0 atom stereocenters. The van der Waals surface area contributed by atoms with E-state index in [9.17, 15) is 9.59 Å². The highest BCUT2D eigenvalue weighted by Crippen LogP contribution is 2.04. The molecule has 2 N–H and O–H groups in total. The molecule has 0 saturated heterocycles. The number of carboxylic acid groups (broad SMARTS) is 1. The van der Waals surface area contributed by atoms with E-state index in [1.807, 2.05) is 18.2 Å². The zero-order valence-corrected chi connectivity index (χ0v) is 11.8. The lowest BCUT2D eigenvalue weighted by atomic mass is 10.1. The van der Waals surface area contributed by atoms with Crippen LogP contribution in [0.5, 0.6) is 0 Å². The summed E-state index contributed by atoms with van der Waals surface area (Å²) in [4.78, 5) is 21.9. The van der Waals surface area contributed by atoms with Crippen molar-refractivity contribution in [2.45, 2.75) is 44.9 Å².